The molecule has 0 aromatic carbocycles. The molecule has 0 atom stereocenters. The highest BCUT2D eigenvalue weighted by molar-refractivity contribution is 14.2. The van der Waals surface area contributed by atoms with E-state index in [1.165, 1.54) is 5.54 Å². The van der Waals surface area contributed by atoms with Gasteiger partial charge in [-0.05, 0) is 50.7 Å². The van der Waals surface area contributed by atoms with Crippen molar-refractivity contribution in [1.82, 2.24) is 0 Å². The molecule has 0 unspecified atom stereocenters. The molecule has 7 heavy (non-hydrogen) atoms. The molecule has 0 rings (SSSR count). The number of hydrogen-bond donors (Lipinski definition) is 0. The van der Waals surface area contributed by atoms with Gasteiger partial charge in [0.05, 0.1) is 0 Å². The van der Waals surface area contributed by atoms with Gasteiger partial charge in [0.2, 0.25) is 0 Å². The molecule has 0 saturated heterocycles. The molecule has 0 fully saturated rings. The third kappa shape index (κ3) is 131. The van der Waals surface area contributed by atoms with E-state index < -0.39 is 0 Å². The standard InChI is InChI=1S/C2H3Cl.C2H2I2/c1-2-3;1-2(3)4/h2H,1H2;1H2. The molecule has 0 aromatic rings. The summed E-state index contributed by atoms with van der Waals surface area (Å²) in [5.41, 5.74) is 1.22. The van der Waals surface area contributed by atoms with E-state index in [4.69, 9.17) is 11.6 Å². The van der Waals surface area contributed by atoms with Gasteiger partial charge in [-0.25, -0.2) is 0 Å². The second-order valence-corrected chi connectivity index (χ2v) is 5.47. The lowest BCUT2D eigenvalue weighted by molar-refractivity contribution is 2.63. The normalized spacial score (nSPS) is 5.57. The number of halogens is 3. The van der Waals surface area contributed by atoms with E-state index in [9.17, 15) is 0 Å². The molecule has 0 aromatic heterocycles. The lowest BCUT2D eigenvalue weighted by atomic mass is 11.3. The number of hydrogen-bond acceptors (Lipinski definition) is 0. The first-order valence-corrected chi connectivity index (χ1v) is 3.95. The van der Waals surface area contributed by atoms with Crippen LogP contribution in [-0.2, 0) is 0 Å². The molecule has 0 amide bonds. The van der Waals surface area contributed by atoms with E-state index in [1.807, 2.05) is 0 Å². The van der Waals surface area contributed by atoms with Crippen LogP contribution in [0, 0.1) is 0 Å². The zero-order chi connectivity index (χ0) is 6.28. The molecule has 42 valence electrons. The number of rotatable bonds is 0. The second kappa shape index (κ2) is 10.3. The van der Waals surface area contributed by atoms with Crippen molar-refractivity contribution in [2.45, 2.75) is 0 Å². The molecule has 0 aliphatic heterocycles. The maximum Gasteiger partial charge on any atom is 0.0442 e. The van der Waals surface area contributed by atoms with Gasteiger partial charge in [0.15, 0.2) is 0 Å². The molecule has 0 aliphatic rings. The molecule has 0 heterocycles. The van der Waals surface area contributed by atoms with Gasteiger partial charge in [0.1, 0.15) is 0 Å². The Hall–Kier alpha value is 1.23. The molecule has 0 bridgehead atoms. The summed E-state index contributed by atoms with van der Waals surface area (Å²) in [6.07, 6.45) is 0. The quantitative estimate of drug-likeness (QED) is 0.589. The fourth-order valence-electron chi connectivity index (χ4n) is 0. The monoisotopic (exact) mass is 342 g/mol. The average Bonchev–Trinajstić information content (AvgIpc) is 1.33. The third-order valence-corrected chi connectivity index (χ3v) is 0. The molecule has 3 heteroatoms. The van der Waals surface area contributed by atoms with Crippen LogP contribution in [0.25, 0.3) is 0 Å². The zero-order valence-electron chi connectivity index (χ0n) is 3.63. The predicted octanol–water partition coefficient (Wildman–Crippen LogP) is 3.70. The van der Waals surface area contributed by atoms with Crippen LogP contribution in [0.4, 0.5) is 0 Å². The summed E-state index contributed by atoms with van der Waals surface area (Å²) in [7, 11) is 0. The Morgan fingerprint density at radius 1 is 1.57 bits per heavy atom. The average molecular weight is 342 g/mol. The van der Waals surface area contributed by atoms with Crippen molar-refractivity contribution in [3.8, 4) is 0 Å². The minimum atomic E-state index is 1.11. The molecule has 0 spiro atoms. The Labute approximate surface area is 76.3 Å². The molecule has 0 saturated carbocycles. The van der Waals surface area contributed by atoms with Crippen LogP contribution < -0.4 is 0 Å². The van der Waals surface area contributed by atoms with E-state index in [0.717, 1.165) is 1.59 Å². The van der Waals surface area contributed by atoms with Crippen molar-refractivity contribution in [2.24, 2.45) is 0 Å². The minimum Gasteiger partial charge on any atom is -0.0936 e. The first-order valence-electron chi connectivity index (χ1n) is 1.36. The Kier molecular flexibility index (Phi) is 16.2. The Bertz CT molecular complexity index is 56.7. The molecule has 0 nitrogen and oxygen atoms in total. The van der Waals surface area contributed by atoms with Crippen molar-refractivity contribution in [3.63, 3.8) is 0 Å². The van der Waals surface area contributed by atoms with Gasteiger partial charge >= 0.3 is 0 Å². The first-order chi connectivity index (χ1) is 3.15. The Morgan fingerprint density at radius 2 is 1.57 bits per heavy atom. The summed E-state index contributed by atoms with van der Waals surface area (Å²) in [5.74, 6) is 0. The van der Waals surface area contributed by atoms with Gasteiger partial charge in [-0.1, -0.05) is 24.8 Å². The first kappa shape index (κ1) is 11.1. The maximum atomic E-state index is 4.76. The van der Waals surface area contributed by atoms with Crippen LogP contribution >= 0.6 is 56.8 Å². The van der Waals surface area contributed by atoms with Crippen LogP contribution in [0.1, 0.15) is 0 Å². The lowest BCUT2D eigenvalue weighted by Gasteiger charge is -1.58. The van der Waals surface area contributed by atoms with E-state index in [1.54, 1.807) is 0 Å². The van der Waals surface area contributed by atoms with Crippen molar-refractivity contribution in [2.75, 3.05) is 0 Å². The fraction of sp³-hybridized carbons (Fsp3) is 0. The van der Waals surface area contributed by atoms with Gasteiger partial charge in [0.25, 0.3) is 0 Å². The van der Waals surface area contributed by atoms with Gasteiger partial charge in [-0.15, -0.1) is 0 Å². The fourth-order valence-corrected chi connectivity index (χ4v) is 0. The van der Waals surface area contributed by atoms with Crippen molar-refractivity contribution >= 4 is 56.8 Å². The topological polar surface area (TPSA) is 0 Å². The predicted molar refractivity (Wildman–Crippen MR) is 53.2 cm³/mol. The Balaban J connectivity index is 0. The largest absolute Gasteiger partial charge is 0.0936 e. The highest BCUT2D eigenvalue weighted by atomic mass is 127. The van der Waals surface area contributed by atoms with Crippen molar-refractivity contribution < 1.29 is 0 Å². The minimum absolute atomic E-state index is 1.11. The van der Waals surface area contributed by atoms with E-state index in [2.05, 4.69) is 58.3 Å². The van der Waals surface area contributed by atoms with Crippen LogP contribution in [0.15, 0.2) is 20.3 Å². The molecule has 0 N–H and O–H groups in total. The van der Waals surface area contributed by atoms with E-state index in [0.29, 0.717) is 0 Å². The highest BCUT2D eigenvalue weighted by Gasteiger charge is 1.58. The van der Waals surface area contributed by atoms with Gasteiger partial charge in [-0.2, -0.15) is 0 Å². The van der Waals surface area contributed by atoms with E-state index in [-0.39, 0.29) is 0 Å². The zero-order valence-corrected chi connectivity index (χ0v) is 8.70. The second-order valence-electron chi connectivity index (χ2n) is 0.493. The van der Waals surface area contributed by atoms with Crippen molar-refractivity contribution in [3.05, 3.63) is 20.3 Å². The van der Waals surface area contributed by atoms with Crippen LogP contribution in [0.2, 0.25) is 0 Å². The third-order valence-electron chi connectivity index (χ3n) is 0. The smallest absolute Gasteiger partial charge is 0.0442 e. The summed E-state index contributed by atoms with van der Waals surface area (Å²) in [4.78, 5) is 0. The van der Waals surface area contributed by atoms with Crippen molar-refractivity contribution in [1.29, 1.82) is 0 Å². The van der Waals surface area contributed by atoms with Gasteiger partial charge in [0, 0.05) is 1.59 Å². The highest BCUT2D eigenvalue weighted by Crippen LogP contribution is 2.08. The van der Waals surface area contributed by atoms with Crippen LogP contribution in [0.3, 0.4) is 0 Å². The lowest BCUT2D eigenvalue weighted by Crippen LogP contribution is -1.18. The summed E-state index contributed by atoms with van der Waals surface area (Å²) < 4.78 is 1.11. The van der Waals surface area contributed by atoms with Gasteiger partial charge < -0.3 is 0 Å². The molecular formula is C4H5ClI2. The van der Waals surface area contributed by atoms with Gasteiger partial charge in [-0.3, -0.25) is 0 Å². The Morgan fingerprint density at radius 3 is 1.57 bits per heavy atom. The van der Waals surface area contributed by atoms with Crippen LogP contribution in [-0.4, -0.2) is 0 Å². The molecule has 0 radical (unpaired) electrons. The van der Waals surface area contributed by atoms with E-state index >= 15 is 0 Å². The molecule has 0 aliphatic carbocycles. The summed E-state index contributed by atoms with van der Waals surface area (Å²) in [5, 5.41) is 0. The molecular weight excluding hydrogens is 337 g/mol. The summed E-state index contributed by atoms with van der Waals surface area (Å²) in [6.45, 7) is 6.66. The SMILES string of the molecule is C=C(I)I.C=CCl. The van der Waals surface area contributed by atoms with Crippen LogP contribution in [0.5, 0.6) is 0 Å². The summed E-state index contributed by atoms with van der Waals surface area (Å²) in [6, 6.07) is 0. The maximum absolute atomic E-state index is 4.76. The summed E-state index contributed by atoms with van der Waals surface area (Å²) >= 11 is 9.03.